The van der Waals surface area contributed by atoms with E-state index < -0.39 is 11.4 Å². The van der Waals surface area contributed by atoms with Gasteiger partial charge in [-0.2, -0.15) is 0 Å². The summed E-state index contributed by atoms with van der Waals surface area (Å²) < 4.78 is 0.974. The number of hydrogen-bond donors (Lipinski definition) is 3. The number of aliphatic hydroxyl groups is 1. The number of nitrogens with one attached hydrogen (secondary N) is 2. The molecule has 0 bridgehead atoms. The molecule has 120 valence electrons. The highest BCUT2D eigenvalue weighted by atomic mass is 79.9. The Hall–Kier alpha value is -1.88. The van der Waals surface area contributed by atoms with Crippen molar-refractivity contribution in [3.8, 4) is 12.3 Å². The van der Waals surface area contributed by atoms with Crippen LogP contribution in [0.4, 0.5) is 9.93 Å². The molecule has 2 amide bonds. The Morgan fingerprint density at radius 1 is 1.48 bits per heavy atom. The van der Waals surface area contributed by atoms with Crippen LogP contribution in [0.1, 0.15) is 18.2 Å². The lowest BCUT2D eigenvalue weighted by Crippen LogP contribution is -2.31. The lowest BCUT2D eigenvalue weighted by Gasteiger charge is -2.22. The Morgan fingerprint density at radius 3 is 2.78 bits per heavy atom. The van der Waals surface area contributed by atoms with Gasteiger partial charge in [-0.05, 0) is 24.6 Å². The molecule has 7 heteroatoms. The molecule has 1 heterocycles. The number of terminal acetylenes is 1. The number of halogens is 1. The largest absolute Gasteiger partial charge is 0.395 e. The molecule has 3 N–H and O–H groups in total. The molecule has 0 spiro atoms. The summed E-state index contributed by atoms with van der Waals surface area (Å²) >= 11 is 4.71. The Balaban J connectivity index is 2.21. The summed E-state index contributed by atoms with van der Waals surface area (Å²) in [6, 6.07) is 7.35. The second-order valence-electron chi connectivity index (χ2n) is 4.92. The molecule has 1 aromatic carbocycles. The van der Waals surface area contributed by atoms with Gasteiger partial charge in [0.25, 0.3) is 0 Å². The molecule has 2 aromatic rings. The lowest BCUT2D eigenvalue weighted by molar-refractivity contribution is 0.245. The normalized spacial score (nSPS) is 13.0. The number of aliphatic hydroxyl groups excluding tert-OH is 1. The van der Waals surface area contributed by atoms with Crippen molar-refractivity contribution in [3.05, 3.63) is 45.4 Å². The van der Waals surface area contributed by atoms with E-state index in [1.165, 1.54) is 11.3 Å². The number of benzene rings is 1. The third-order valence-electron chi connectivity index (χ3n) is 3.34. The van der Waals surface area contributed by atoms with E-state index >= 15 is 0 Å². The number of anilines is 1. The summed E-state index contributed by atoms with van der Waals surface area (Å²) in [5.41, 5.74) is 0.966. The zero-order valence-electron chi connectivity index (χ0n) is 12.5. The highest BCUT2D eigenvalue weighted by Crippen LogP contribution is 2.33. The van der Waals surface area contributed by atoms with E-state index in [4.69, 9.17) is 11.5 Å². The first-order valence-electron chi connectivity index (χ1n) is 6.85. The molecule has 0 radical (unpaired) electrons. The summed E-state index contributed by atoms with van der Waals surface area (Å²) in [5, 5.41) is 16.1. The Morgan fingerprint density at radius 2 is 2.17 bits per heavy atom. The number of thiazole rings is 1. The van der Waals surface area contributed by atoms with Crippen LogP contribution in [-0.4, -0.2) is 29.3 Å². The number of carbonyl (C=O) groups is 1. The van der Waals surface area contributed by atoms with E-state index in [-0.39, 0.29) is 13.2 Å². The van der Waals surface area contributed by atoms with Gasteiger partial charge in [0.1, 0.15) is 0 Å². The molecule has 0 fully saturated rings. The molecule has 0 aliphatic carbocycles. The molecule has 1 aromatic heterocycles. The van der Waals surface area contributed by atoms with Crippen LogP contribution in [0.15, 0.2) is 34.1 Å². The summed E-state index contributed by atoms with van der Waals surface area (Å²) in [6.45, 7) is 1.99. The van der Waals surface area contributed by atoms with E-state index in [0.29, 0.717) is 10.8 Å². The van der Waals surface area contributed by atoms with Crippen LogP contribution in [0.2, 0.25) is 0 Å². The van der Waals surface area contributed by atoms with E-state index in [1.807, 2.05) is 36.6 Å². The molecule has 2 rings (SSSR count). The van der Waals surface area contributed by atoms with Gasteiger partial charge in [0.15, 0.2) is 5.13 Å². The first kappa shape index (κ1) is 17.5. The van der Waals surface area contributed by atoms with Crippen molar-refractivity contribution in [2.45, 2.75) is 12.3 Å². The van der Waals surface area contributed by atoms with Crippen molar-refractivity contribution < 1.29 is 9.90 Å². The Bertz CT molecular complexity index is 724. The van der Waals surface area contributed by atoms with Crippen LogP contribution in [-0.2, 0) is 5.41 Å². The topological polar surface area (TPSA) is 74.2 Å². The number of aromatic nitrogens is 1. The Labute approximate surface area is 147 Å². The maximum atomic E-state index is 11.6. The van der Waals surface area contributed by atoms with Crippen molar-refractivity contribution >= 4 is 38.4 Å². The average molecular weight is 394 g/mol. The summed E-state index contributed by atoms with van der Waals surface area (Å²) in [6.07, 6.45) is 5.76. The minimum Gasteiger partial charge on any atom is -0.395 e. The van der Waals surface area contributed by atoms with E-state index in [9.17, 15) is 4.79 Å². The van der Waals surface area contributed by atoms with Gasteiger partial charge in [-0.3, -0.25) is 5.32 Å². The maximum absolute atomic E-state index is 11.6. The van der Waals surface area contributed by atoms with Gasteiger partial charge in [0.2, 0.25) is 0 Å². The van der Waals surface area contributed by atoms with Crippen molar-refractivity contribution in [2.24, 2.45) is 0 Å². The fraction of sp³-hybridized carbons (Fsp3) is 0.250. The second-order valence-corrected chi connectivity index (χ2v) is 6.69. The van der Waals surface area contributed by atoms with Crippen molar-refractivity contribution in [1.82, 2.24) is 10.3 Å². The summed E-state index contributed by atoms with van der Waals surface area (Å²) in [5.74, 6) is 2.80. The minimum absolute atomic E-state index is 0.116. The first-order valence-corrected chi connectivity index (χ1v) is 8.52. The predicted molar refractivity (Wildman–Crippen MR) is 95.7 cm³/mol. The van der Waals surface area contributed by atoms with E-state index in [0.717, 1.165) is 10.0 Å². The second kappa shape index (κ2) is 7.59. The van der Waals surface area contributed by atoms with Crippen LogP contribution in [0.5, 0.6) is 0 Å². The van der Waals surface area contributed by atoms with E-state index in [2.05, 4.69) is 37.5 Å². The molecular weight excluding hydrogens is 378 g/mol. The van der Waals surface area contributed by atoms with Crippen LogP contribution >= 0.6 is 27.3 Å². The minimum atomic E-state index is -0.682. The third-order valence-corrected chi connectivity index (χ3v) is 4.63. The highest BCUT2D eigenvalue weighted by Gasteiger charge is 2.29. The average Bonchev–Trinajstić information content (AvgIpc) is 3.01. The van der Waals surface area contributed by atoms with Crippen molar-refractivity contribution in [2.75, 3.05) is 18.5 Å². The number of carbonyl (C=O) groups excluding carboxylic acids is 1. The van der Waals surface area contributed by atoms with Gasteiger partial charge in [0.05, 0.1) is 17.7 Å². The van der Waals surface area contributed by atoms with Gasteiger partial charge in [0, 0.05) is 16.4 Å². The summed E-state index contributed by atoms with van der Waals surface area (Å²) in [7, 11) is 0. The molecule has 5 nitrogen and oxygen atoms in total. The fourth-order valence-electron chi connectivity index (χ4n) is 1.96. The molecule has 0 saturated heterocycles. The SMILES string of the molecule is C#C[C@](C)(c1ccc(Br)cc1)c1csc(NC(=O)NCCO)n1. The standard InChI is InChI=1S/C16H16BrN3O2S/c1-3-16(2,11-4-6-12(17)7-5-11)13-10-23-15(19-13)20-14(22)18-8-9-21/h1,4-7,10,21H,8-9H2,2H3,(H2,18,19,20,22)/t16-/m1/s1. The van der Waals surface area contributed by atoms with E-state index in [1.54, 1.807) is 0 Å². The fourth-order valence-corrected chi connectivity index (χ4v) is 3.04. The van der Waals surface area contributed by atoms with Gasteiger partial charge in [-0.15, -0.1) is 17.8 Å². The van der Waals surface area contributed by atoms with Crippen LogP contribution in [0.3, 0.4) is 0 Å². The van der Waals surface area contributed by atoms with Crippen LogP contribution in [0, 0.1) is 12.3 Å². The number of rotatable bonds is 5. The molecule has 0 unspecified atom stereocenters. The molecular formula is C16H16BrN3O2S. The maximum Gasteiger partial charge on any atom is 0.321 e. The smallest absolute Gasteiger partial charge is 0.321 e. The van der Waals surface area contributed by atoms with Gasteiger partial charge in [-0.1, -0.05) is 34.0 Å². The molecule has 0 saturated carbocycles. The predicted octanol–water partition coefficient (Wildman–Crippen LogP) is 2.96. The summed E-state index contributed by atoms with van der Waals surface area (Å²) in [4.78, 5) is 16.0. The molecule has 0 aliphatic heterocycles. The van der Waals surface area contributed by atoms with Crippen LogP contribution in [0.25, 0.3) is 0 Å². The van der Waals surface area contributed by atoms with Gasteiger partial charge in [-0.25, -0.2) is 9.78 Å². The zero-order chi connectivity index (χ0) is 16.9. The van der Waals surface area contributed by atoms with Crippen molar-refractivity contribution in [3.63, 3.8) is 0 Å². The third kappa shape index (κ3) is 4.10. The number of urea groups is 1. The van der Waals surface area contributed by atoms with Crippen LogP contribution < -0.4 is 10.6 Å². The lowest BCUT2D eigenvalue weighted by atomic mass is 9.81. The van der Waals surface area contributed by atoms with Gasteiger partial charge >= 0.3 is 6.03 Å². The molecule has 23 heavy (non-hydrogen) atoms. The first-order chi connectivity index (χ1) is 11.0. The Kier molecular flexibility index (Phi) is 5.77. The number of amides is 2. The van der Waals surface area contributed by atoms with Crippen molar-refractivity contribution in [1.29, 1.82) is 0 Å². The molecule has 1 atom stereocenters. The molecule has 0 aliphatic rings. The number of nitrogens with zero attached hydrogens (tertiary/aromatic N) is 1. The highest BCUT2D eigenvalue weighted by molar-refractivity contribution is 9.10. The van der Waals surface area contributed by atoms with Gasteiger partial charge < -0.3 is 10.4 Å². The quantitative estimate of drug-likeness (QED) is 0.683. The zero-order valence-corrected chi connectivity index (χ0v) is 14.9. The number of hydrogen-bond acceptors (Lipinski definition) is 4. The monoisotopic (exact) mass is 393 g/mol.